The number of benzene rings is 2. The molecule has 1 spiro atoms. The minimum absolute atomic E-state index is 0.148. The first-order valence-corrected chi connectivity index (χ1v) is 15.2. The van der Waals surface area contributed by atoms with Crippen LogP contribution in [0.1, 0.15) is 44.7 Å². The van der Waals surface area contributed by atoms with Crippen LogP contribution in [0, 0.1) is 17.8 Å². The van der Waals surface area contributed by atoms with Crippen LogP contribution in [0.15, 0.2) is 79.9 Å². The lowest BCUT2D eigenvalue weighted by Gasteiger charge is -2.39. The van der Waals surface area contributed by atoms with Gasteiger partial charge >= 0.3 is 5.97 Å². The Morgan fingerprint density at radius 1 is 1.19 bits per heavy atom. The summed E-state index contributed by atoms with van der Waals surface area (Å²) in [5.74, 6) is -3.31. The molecule has 228 valence electrons. The predicted molar refractivity (Wildman–Crippen MR) is 164 cm³/mol. The molecule has 7 atom stereocenters. The van der Waals surface area contributed by atoms with E-state index in [-0.39, 0.29) is 25.0 Å². The quantitative estimate of drug-likeness (QED) is 0.205. The van der Waals surface area contributed by atoms with Gasteiger partial charge in [0, 0.05) is 17.3 Å². The number of nitrogens with zero attached hydrogens (tertiary/aromatic N) is 2. The van der Waals surface area contributed by atoms with Crippen molar-refractivity contribution in [3.05, 3.63) is 90.5 Å². The van der Waals surface area contributed by atoms with Crippen LogP contribution in [0.3, 0.4) is 0 Å². The van der Waals surface area contributed by atoms with Crippen molar-refractivity contribution in [1.29, 1.82) is 0 Å². The molecule has 0 radical (unpaired) electrons. The summed E-state index contributed by atoms with van der Waals surface area (Å²) in [6.45, 7) is 11.3. The van der Waals surface area contributed by atoms with E-state index in [1.807, 2.05) is 44.2 Å². The molecule has 1 N–H and O–H groups in total. The van der Waals surface area contributed by atoms with Crippen molar-refractivity contribution in [3.63, 3.8) is 0 Å². The zero-order chi connectivity index (χ0) is 30.9. The Labute approximate surface area is 257 Å². The van der Waals surface area contributed by atoms with Gasteiger partial charge in [-0.25, -0.2) is 0 Å². The van der Waals surface area contributed by atoms with Gasteiger partial charge in [-0.3, -0.25) is 14.4 Å². The zero-order valence-corrected chi connectivity index (χ0v) is 25.4. The third kappa shape index (κ3) is 5.09. The van der Waals surface area contributed by atoms with Crippen LogP contribution >= 0.6 is 11.6 Å². The van der Waals surface area contributed by atoms with E-state index >= 15 is 0 Å². The Hall–Kier alpha value is -3.46. The van der Waals surface area contributed by atoms with Crippen molar-refractivity contribution < 1.29 is 29.0 Å². The van der Waals surface area contributed by atoms with E-state index in [0.29, 0.717) is 35.5 Å². The van der Waals surface area contributed by atoms with Crippen LogP contribution in [-0.2, 0) is 23.9 Å². The zero-order valence-electron chi connectivity index (χ0n) is 24.7. The highest BCUT2D eigenvalue weighted by Gasteiger charge is 2.81. The Kier molecular flexibility index (Phi) is 8.84. The topological polar surface area (TPSA) is 96.4 Å². The molecular formula is C34H39ClN2O6. The first-order valence-electron chi connectivity index (χ1n) is 14.8. The summed E-state index contributed by atoms with van der Waals surface area (Å²) in [7, 11) is 0. The summed E-state index contributed by atoms with van der Waals surface area (Å²) in [4.78, 5) is 46.3. The van der Waals surface area contributed by atoms with Gasteiger partial charge in [0.15, 0.2) is 0 Å². The number of hydrogen-bond donors (Lipinski definition) is 1. The van der Waals surface area contributed by atoms with E-state index in [4.69, 9.17) is 21.1 Å². The Morgan fingerprint density at radius 2 is 1.88 bits per heavy atom. The van der Waals surface area contributed by atoms with Gasteiger partial charge in [0.2, 0.25) is 5.91 Å². The third-order valence-electron chi connectivity index (χ3n) is 9.45. The second-order valence-corrected chi connectivity index (χ2v) is 12.3. The summed E-state index contributed by atoms with van der Waals surface area (Å²) in [6, 6.07) is 14.0. The highest BCUT2D eigenvalue weighted by atomic mass is 35.5. The largest absolute Gasteiger partial charge is 0.465 e. The number of hydrogen-bond acceptors (Lipinski definition) is 6. The number of aliphatic hydroxyl groups excluding tert-OH is 1. The molecule has 9 heteroatoms. The highest BCUT2D eigenvalue weighted by molar-refractivity contribution is 6.30. The number of aliphatic hydroxyl groups is 1. The predicted octanol–water partition coefficient (Wildman–Crippen LogP) is 5.11. The number of anilines is 1. The molecule has 3 aliphatic heterocycles. The fraction of sp³-hybridized carbons (Fsp3) is 0.441. The first kappa shape index (κ1) is 31.0. The van der Waals surface area contributed by atoms with E-state index in [9.17, 15) is 19.5 Å². The molecule has 2 amide bonds. The molecule has 3 aliphatic rings. The monoisotopic (exact) mass is 606 g/mol. The van der Waals surface area contributed by atoms with Gasteiger partial charge in [-0.2, -0.15) is 0 Å². The number of likely N-dealkylation sites (tertiary alicyclic amines) is 1. The van der Waals surface area contributed by atoms with Gasteiger partial charge in [-0.1, -0.05) is 61.0 Å². The summed E-state index contributed by atoms with van der Waals surface area (Å²) in [6.07, 6.45) is 5.07. The maximum Gasteiger partial charge on any atom is 0.312 e. The Bertz CT molecular complexity index is 1380. The SMILES string of the molecule is C=CCCCOC(=O)[C@@H]1[C@H]2C(=O)N([C@H](CO)c3ccccc3)C(C(=O)N(CC=C)c3ccc(Cl)cc3)C23CC(C)[C@@]1(C)O3. The average Bonchev–Trinajstić information content (AvgIpc) is 3.52. The van der Waals surface area contributed by atoms with Crippen LogP contribution in [-0.4, -0.2) is 64.8 Å². The first-order chi connectivity index (χ1) is 20.6. The number of unbranched alkanes of at least 4 members (excludes halogenated alkanes) is 1. The molecule has 3 unspecified atom stereocenters. The number of fused-ring (bicyclic) bond motifs is 1. The summed E-state index contributed by atoms with van der Waals surface area (Å²) < 4.78 is 12.5. The van der Waals surface area contributed by atoms with Gasteiger partial charge in [0.05, 0.1) is 30.8 Å². The molecule has 8 nitrogen and oxygen atoms in total. The van der Waals surface area contributed by atoms with Crippen molar-refractivity contribution in [2.45, 2.75) is 56.4 Å². The molecule has 0 saturated carbocycles. The van der Waals surface area contributed by atoms with Crippen LogP contribution in [0.2, 0.25) is 5.02 Å². The number of ether oxygens (including phenoxy) is 2. The highest BCUT2D eigenvalue weighted by Crippen LogP contribution is 2.66. The molecule has 43 heavy (non-hydrogen) atoms. The molecule has 2 bridgehead atoms. The number of rotatable bonds is 12. The second kappa shape index (κ2) is 12.3. The van der Waals surface area contributed by atoms with Crippen LogP contribution < -0.4 is 4.90 Å². The maximum atomic E-state index is 14.8. The minimum atomic E-state index is -1.30. The molecule has 3 saturated heterocycles. The van der Waals surface area contributed by atoms with Crippen molar-refractivity contribution >= 4 is 35.1 Å². The fourth-order valence-corrected chi connectivity index (χ4v) is 7.52. The number of carbonyl (C=O) groups is 3. The normalized spacial score (nSPS) is 29.7. The molecule has 2 aromatic rings. The lowest BCUT2D eigenvalue weighted by molar-refractivity contribution is -0.162. The van der Waals surface area contributed by atoms with Gasteiger partial charge in [0.25, 0.3) is 5.91 Å². The number of halogens is 1. The van der Waals surface area contributed by atoms with Crippen LogP contribution in [0.5, 0.6) is 0 Å². The van der Waals surface area contributed by atoms with E-state index < -0.39 is 53.6 Å². The molecule has 0 aromatic heterocycles. The van der Waals surface area contributed by atoms with E-state index in [0.717, 1.165) is 0 Å². The molecule has 2 aromatic carbocycles. The molecule has 3 heterocycles. The molecule has 3 fully saturated rings. The molecule has 5 rings (SSSR count). The maximum absolute atomic E-state index is 14.8. The summed E-state index contributed by atoms with van der Waals surface area (Å²) >= 11 is 6.15. The smallest absolute Gasteiger partial charge is 0.312 e. The minimum Gasteiger partial charge on any atom is -0.465 e. The number of allylic oxidation sites excluding steroid dienone is 1. The Balaban J connectivity index is 1.63. The van der Waals surface area contributed by atoms with Gasteiger partial charge < -0.3 is 24.4 Å². The third-order valence-corrected chi connectivity index (χ3v) is 9.70. The fourth-order valence-electron chi connectivity index (χ4n) is 7.39. The van der Waals surface area contributed by atoms with Gasteiger partial charge in [-0.05, 0) is 61.9 Å². The van der Waals surface area contributed by atoms with E-state index in [1.165, 1.54) is 4.90 Å². The van der Waals surface area contributed by atoms with Crippen molar-refractivity contribution in [2.24, 2.45) is 17.8 Å². The molecular weight excluding hydrogens is 568 g/mol. The van der Waals surface area contributed by atoms with Crippen LogP contribution in [0.4, 0.5) is 5.69 Å². The number of esters is 1. The van der Waals surface area contributed by atoms with Gasteiger partial charge in [0.1, 0.15) is 17.6 Å². The van der Waals surface area contributed by atoms with E-state index in [2.05, 4.69) is 13.2 Å². The standard InChI is InChI=1S/C34H39ClN2O6/c1-5-7-11-19-42-32(41)28-27-30(39)37(26(21-38)23-12-9-8-10-13-23)29(34(27)20-22(3)33(28,4)43-34)31(40)36(18-6-2)25-16-14-24(35)15-17-25/h5-6,8-10,12-17,22,26-29,38H,1-2,7,11,18-21H2,3-4H3/t22?,26-,27+,28+,29?,33-,34?/m1/s1. The number of carbonyl (C=O) groups excluding carboxylic acids is 3. The summed E-state index contributed by atoms with van der Waals surface area (Å²) in [5, 5.41) is 11.2. The lowest BCUT2D eigenvalue weighted by Crippen LogP contribution is -2.57. The lowest BCUT2D eigenvalue weighted by atomic mass is 9.62. The second-order valence-electron chi connectivity index (χ2n) is 11.9. The average molecular weight is 607 g/mol. The van der Waals surface area contributed by atoms with Crippen LogP contribution in [0.25, 0.3) is 0 Å². The molecule has 0 aliphatic carbocycles. The summed E-state index contributed by atoms with van der Waals surface area (Å²) in [5.41, 5.74) is -1.06. The van der Waals surface area contributed by atoms with Gasteiger partial charge in [-0.15, -0.1) is 13.2 Å². The number of amides is 2. The van der Waals surface area contributed by atoms with Crippen molar-refractivity contribution in [3.8, 4) is 0 Å². The van der Waals surface area contributed by atoms with E-state index in [1.54, 1.807) is 41.3 Å². The van der Waals surface area contributed by atoms with Crippen molar-refractivity contribution in [2.75, 3.05) is 24.7 Å². The Morgan fingerprint density at radius 3 is 2.51 bits per heavy atom. The van der Waals surface area contributed by atoms with Crippen molar-refractivity contribution in [1.82, 2.24) is 4.90 Å².